The molecule has 0 radical (unpaired) electrons. The van der Waals surface area contributed by atoms with Gasteiger partial charge in [0.15, 0.2) is 0 Å². The third-order valence-corrected chi connectivity index (χ3v) is 2.08. The van der Waals surface area contributed by atoms with Gasteiger partial charge < -0.3 is 5.11 Å². The van der Waals surface area contributed by atoms with Crippen molar-refractivity contribution in [1.29, 1.82) is 0 Å². The van der Waals surface area contributed by atoms with E-state index in [1.807, 2.05) is 0 Å². The van der Waals surface area contributed by atoms with Gasteiger partial charge in [-0.1, -0.05) is 19.1 Å². The number of carboxylic acids is 1. The molecule has 1 atom stereocenters. The van der Waals surface area contributed by atoms with Crippen molar-refractivity contribution >= 4 is 11.7 Å². The zero-order valence-corrected chi connectivity index (χ0v) is 8.21. The lowest BCUT2D eigenvalue weighted by Gasteiger charge is -2.05. The first-order valence-electron chi connectivity index (χ1n) is 4.47. The molecule has 0 heterocycles. The van der Waals surface area contributed by atoms with Crippen LogP contribution in [-0.2, 0) is 11.2 Å². The first-order chi connectivity index (χ1) is 7.00. The van der Waals surface area contributed by atoms with E-state index in [0.717, 1.165) is 0 Å². The van der Waals surface area contributed by atoms with Gasteiger partial charge in [-0.3, -0.25) is 14.9 Å². The Balaban J connectivity index is 2.82. The highest BCUT2D eigenvalue weighted by Crippen LogP contribution is 2.16. The number of carboxylic acid groups (broad SMARTS) is 1. The van der Waals surface area contributed by atoms with Gasteiger partial charge in [-0.2, -0.15) is 0 Å². The predicted octanol–water partition coefficient (Wildman–Crippen LogP) is 1.86. The van der Waals surface area contributed by atoms with Crippen LogP contribution in [0.3, 0.4) is 0 Å². The third kappa shape index (κ3) is 3.05. The highest BCUT2D eigenvalue weighted by Gasteiger charge is 2.13. The average Bonchev–Trinajstić information content (AvgIpc) is 2.18. The van der Waals surface area contributed by atoms with E-state index in [-0.39, 0.29) is 5.69 Å². The molecule has 0 aliphatic carbocycles. The second kappa shape index (κ2) is 4.54. The maximum absolute atomic E-state index is 10.6. The molecule has 1 unspecified atom stereocenters. The van der Waals surface area contributed by atoms with Crippen LogP contribution in [0.1, 0.15) is 12.5 Å². The second-order valence-electron chi connectivity index (χ2n) is 3.37. The molecule has 80 valence electrons. The summed E-state index contributed by atoms with van der Waals surface area (Å²) in [5.41, 5.74) is 0.657. The number of nitro benzene ring substituents is 1. The predicted molar refractivity (Wildman–Crippen MR) is 53.6 cm³/mol. The van der Waals surface area contributed by atoms with Crippen LogP contribution in [-0.4, -0.2) is 16.0 Å². The zero-order valence-electron chi connectivity index (χ0n) is 8.21. The highest BCUT2D eigenvalue weighted by atomic mass is 16.6. The Bertz CT molecular complexity index is 389. The van der Waals surface area contributed by atoms with Crippen molar-refractivity contribution in [2.75, 3.05) is 0 Å². The van der Waals surface area contributed by atoms with Crippen LogP contribution in [0.15, 0.2) is 24.3 Å². The van der Waals surface area contributed by atoms with E-state index in [1.165, 1.54) is 12.1 Å². The van der Waals surface area contributed by atoms with E-state index in [9.17, 15) is 14.9 Å². The van der Waals surface area contributed by atoms with E-state index in [2.05, 4.69) is 0 Å². The molecule has 0 aliphatic heterocycles. The summed E-state index contributed by atoms with van der Waals surface area (Å²) >= 11 is 0. The lowest BCUT2D eigenvalue weighted by atomic mass is 10.0. The van der Waals surface area contributed by atoms with Gasteiger partial charge in [0.25, 0.3) is 5.69 Å². The quantitative estimate of drug-likeness (QED) is 0.606. The molecule has 0 bridgehead atoms. The number of hydrogen-bond acceptors (Lipinski definition) is 3. The summed E-state index contributed by atoms with van der Waals surface area (Å²) in [6.45, 7) is 1.57. The van der Waals surface area contributed by atoms with Gasteiger partial charge in [0, 0.05) is 12.1 Å². The van der Waals surface area contributed by atoms with Gasteiger partial charge in [-0.15, -0.1) is 0 Å². The standard InChI is InChI=1S/C10H11NO4/c1-7(10(12)13)5-8-3-2-4-9(6-8)11(14)15/h2-4,6-7H,5H2,1H3,(H,12,13). The van der Waals surface area contributed by atoms with Crippen LogP contribution in [0, 0.1) is 16.0 Å². The summed E-state index contributed by atoms with van der Waals surface area (Å²) in [7, 11) is 0. The third-order valence-electron chi connectivity index (χ3n) is 2.08. The van der Waals surface area contributed by atoms with Crippen molar-refractivity contribution in [2.24, 2.45) is 5.92 Å². The number of benzene rings is 1. The molecule has 0 aromatic heterocycles. The summed E-state index contributed by atoms with van der Waals surface area (Å²) in [5, 5.41) is 19.1. The van der Waals surface area contributed by atoms with E-state index in [4.69, 9.17) is 5.11 Å². The monoisotopic (exact) mass is 209 g/mol. The number of hydrogen-bond donors (Lipinski definition) is 1. The molecule has 0 saturated carbocycles. The maximum atomic E-state index is 10.6. The van der Waals surface area contributed by atoms with Gasteiger partial charge in [-0.25, -0.2) is 0 Å². The first-order valence-corrected chi connectivity index (χ1v) is 4.47. The molecule has 1 N–H and O–H groups in total. The van der Waals surface area contributed by atoms with Gasteiger partial charge in [0.05, 0.1) is 10.8 Å². The Morgan fingerprint density at radius 1 is 1.60 bits per heavy atom. The fourth-order valence-electron chi connectivity index (χ4n) is 1.24. The van der Waals surface area contributed by atoms with E-state index < -0.39 is 16.8 Å². The fourth-order valence-corrected chi connectivity index (χ4v) is 1.24. The minimum atomic E-state index is -0.901. The normalized spacial score (nSPS) is 12.1. The SMILES string of the molecule is CC(Cc1cccc([N+](=O)[O-])c1)C(=O)O. The molecule has 0 spiro atoms. The van der Waals surface area contributed by atoms with Crippen LogP contribution in [0.25, 0.3) is 0 Å². The van der Waals surface area contributed by atoms with Crippen LogP contribution < -0.4 is 0 Å². The van der Waals surface area contributed by atoms with Crippen molar-refractivity contribution in [3.05, 3.63) is 39.9 Å². The molecular weight excluding hydrogens is 198 g/mol. The van der Waals surface area contributed by atoms with E-state index in [1.54, 1.807) is 19.1 Å². The van der Waals surface area contributed by atoms with Crippen LogP contribution >= 0.6 is 0 Å². The lowest BCUT2D eigenvalue weighted by molar-refractivity contribution is -0.384. The summed E-state index contributed by atoms with van der Waals surface area (Å²) in [6, 6.07) is 6.03. The number of aliphatic carboxylic acids is 1. The van der Waals surface area contributed by atoms with Gasteiger partial charge in [0.2, 0.25) is 0 Å². The topological polar surface area (TPSA) is 80.4 Å². The minimum Gasteiger partial charge on any atom is -0.481 e. The molecule has 0 fully saturated rings. The molecule has 5 heteroatoms. The van der Waals surface area contributed by atoms with E-state index >= 15 is 0 Å². The summed E-state index contributed by atoms with van der Waals surface area (Å²) < 4.78 is 0. The molecule has 0 aliphatic rings. The second-order valence-corrected chi connectivity index (χ2v) is 3.37. The van der Waals surface area contributed by atoms with Crippen LogP contribution in [0.2, 0.25) is 0 Å². The molecule has 5 nitrogen and oxygen atoms in total. The number of nitro groups is 1. The molecule has 1 rings (SSSR count). The van der Waals surface area contributed by atoms with E-state index in [0.29, 0.717) is 12.0 Å². The highest BCUT2D eigenvalue weighted by molar-refractivity contribution is 5.69. The number of carbonyl (C=O) groups is 1. The van der Waals surface area contributed by atoms with Crippen LogP contribution in [0.5, 0.6) is 0 Å². The first kappa shape index (κ1) is 11.2. The molecule has 1 aromatic carbocycles. The van der Waals surface area contributed by atoms with Gasteiger partial charge in [0.1, 0.15) is 0 Å². The van der Waals surface area contributed by atoms with Crippen molar-refractivity contribution < 1.29 is 14.8 Å². The molecular formula is C10H11NO4. The molecule has 0 amide bonds. The number of rotatable bonds is 4. The summed E-state index contributed by atoms with van der Waals surface area (Å²) in [6.07, 6.45) is 0.303. The Morgan fingerprint density at radius 3 is 2.80 bits per heavy atom. The smallest absolute Gasteiger partial charge is 0.306 e. The Labute approximate surface area is 86.5 Å². The summed E-state index contributed by atoms with van der Waals surface area (Å²) in [4.78, 5) is 20.6. The van der Waals surface area contributed by atoms with Crippen LogP contribution in [0.4, 0.5) is 5.69 Å². The van der Waals surface area contributed by atoms with Crippen molar-refractivity contribution in [3.8, 4) is 0 Å². The van der Waals surface area contributed by atoms with Crippen molar-refractivity contribution in [2.45, 2.75) is 13.3 Å². The Morgan fingerprint density at radius 2 is 2.27 bits per heavy atom. The Hall–Kier alpha value is -1.91. The van der Waals surface area contributed by atoms with Gasteiger partial charge >= 0.3 is 5.97 Å². The van der Waals surface area contributed by atoms with Crippen molar-refractivity contribution in [1.82, 2.24) is 0 Å². The largest absolute Gasteiger partial charge is 0.481 e. The lowest BCUT2D eigenvalue weighted by Crippen LogP contribution is -2.12. The minimum absolute atomic E-state index is 0.00918. The zero-order chi connectivity index (χ0) is 11.4. The number of nitrogens with zero attached hydrogens (tertiary/aromatic N) is 1. The van der Waals surface area contributed by atoms with Crippen molar-refractivity contribution in [3.63, 3.8) is 0 Å². The van der Waals surface area contributed by atoms with Gasteiger partial charge in [-0.05, 0) is 12.0 Å². The molecule has 1 aromatic rings. The fraction of sp³-hybridized carbons (Fsp3) is 0.300. The molecule has 15 heavy (non-hydrogen) atoms. The Kier molecular flexibility index (Phi) is 3.38. The number of non-ortho nitro benzene ring substituents is 1. The average molecular weight is 209 g/mol. The molecule has 0 saturated heterocycles. The maximum Gasteiger partial charge on any atom is 0.306 e. The summed E-state index contributed by atoms with van der Waals surface area (Å²) in [5.74, 6) is -1.44.